The van der Waals surface area contributed by atoms with Gasteiger partial charge in [-0.2, -0.15) is 4.98 Å². The van der Waals surface area contributed by atoms with Gasteiger partial charge >= 0.3 is 0 Å². The molecule has 0 radical (unpaired) electrons. The highest BCUT2D eigenvalue weighted by Gasteiger charge is 2.12. The summed E-state index contributed by atoms with van der Waals surface area (Å²) in [5.41, 5.74) is 0.819. The number of benzene rings is 2. The summed E-state index contributed by atoms with van der Waals surface area (Å²) in [7, 11) is 3.28. The maximum atomic E-state index is 5.32. The van der Waals surface area contributed by atoms with Gasteiger partial charge in [-0.05, 0) is 36.4 Å². The lowest BCUT2D eigenvalue weighted by Crippen LogP contribution is -1.89. The molecular weight excluding hydrogens is 312 g/mol. The third-order valence-corrected chi connectivity index (χ3v) is 4.23. The van der Waals surface area contributed by atoms with E-state index in [2.05, 4.69) is 10.1 Å². The summed E-state index contributed by atoms with van der Waals surface area (Å²) in [6, 6.07) is 15.5. The molecular formula is C17H16N2O3S. The van der Waals surface area contributed by atoms with Gasteiger partial charge in [0.25, 0.3) is 0 Å². The minimum Gasteiger partial charge on any atom is -0.497 e. The second-order valence-corrected chi connectivity index (χ2v) is 5.72. The van der Waals surface area contributed by atoms with Crippen molar-refractivity contribution in [1.29, 1.82) is 0 Å². The first kappa shape index (κ1) is 15.4. The number of aromatic nitrogens is 2. The van der Waals surface area contributed by atoms with Crippen molar-refractivity contribution < 1.29 is 14.0 Å². The lowest BCUT2D eigenvalue weighted by molar-refractivity contribution is 0.390. The van der Waals surface area contributed by atoms with Gasteiger partial charge in [0.2, 0.25) is 11.7 Å². The standard InChI is InChI=1S/C17H16N2O3S/c1-20-12-7-9-13(10-8-12)23-11-16-18-17(19-22-16)14-5-3-4-6-15(14)21-2/h3-10H,11H2,1-2H3. The van der Waals surface area contributed by atoms with Gasteiger partial charge in [0.1, 0.15) is 11.5 Å². The summed E-state index contributed by atoms with van der Waals surface area (Å²) in [6.45, 7) is 0. The largest absolute Gasteiger partial charge is 0.497 e. The lowest BCUT2D eigenvalue weighted by Gasteiger charge is -2.03. The normalized spacial score (nSPS) is 10.5. The summed E-state index contributed by atoms with van der Waals surface area (Å²) < 4.78 is 15.8. The molecule has 3 aromatic rings. The number of nitrogens with zero attached hydrogens (tertiary/aromatic N) is 2. The summed E-state index contributed by atoms with van der Waals surface area (Å²) in [6.07, 6.45) is 0. The second-order valence-electron chi connectivity index (χ2n) is 4.68. The Morgan fingerprint density at radius 3 is 2.52 bits per heavy atom. The highest BCUT2D eigenvalue weighted by molar-refractivity contribution is 7.98. The van der Waals surface area contributed by atoms with Gasteiger partial charge in [-0.1, -0.05) is 17.3 Å². The van der Waals surface area contributed by atoms with Crippen LogP contribution in [0.25, 0.3) is 11.4 Å². The molecule has 0 N–H and O–H groups in total. The maximum Gasteiger partial charge on any atom is 0.237 e. The van der Waals surface area contributed by atoms with Crippen LogP contribution in [-0.2, 0) is 5.75 Å². The molecule has 3 rings (SSSR count). The average Bonchev–Trinajstić information content (AvgIpc) is 3.09. The Kier molecular flexibility index (Phi) is 4.83. The molecule has 0 saturated carbocycles. The van der Waals surface area contributed by atoms with Crippen molar-refractivity contribution in [2.45, 2.75) is 10.6 Å². The quantitative estimate of drug-likeness (QED) is 0.636. The first-order chi connectivity index (χ1) is 11.3. The van der Waals surface area contributed by atoms with E-state index in [9.17, 15) is 0 Å². The molecule has 0 spiro atoms. The van der Waals surface area contributed by atoms with Crippen LogP contribution in [0.5, 0.6) is 11.5 Å². The van der Waals surface area contributed by atoms with Crippen molar-refractivity contribution in [3.63, 3.8) is 0 Å². The van der Waals surface area contributed by atoms with Crippen LogP contribution in [0.15, 0.2) is 57.9 Å². The van der Waals surface area contributed by atoms with Gasteiger partial charge in [0.05, 0.1) is 25.5 Å². The number of rotatable bonds is 6. The maximum absolute atomic E-state index is 5.32. The third kappa shape index (κ3) is 3.65. The minimum atomic E-state index is 0.535. The molecule has 1 heterocycles. The molecule has 0 saturated heterocycles. The van der Waals surface area contributed by atoms with E-state index >= 15 is 0 Å². The summed E-state index contributed by atoms with van der Waals surface area (Å²) >= 11 is 1.63. The first-order valence-electron chi connectivity index (χ1n) is 7.03. The summed E-state index contributed by atoms with van der Waals surface area (Å²) in [4.78, 5) is 5.55. The second kappa shape index (κ2) is 7.19. The fourth-order valence-corrected chi connectivity index (χ4v) is 2.81. The SMILES string of the molecule is COc1ccc(SCc2nc(-c3ccccc3OC)no2)cc1. The van der Waals surface area contributed by atoms with Crippen molar-refractivity contribution in [1.82, 2.24) is 10.1 Å². The summed E-state index contributed by atoms with van der Waals surface area (Å²) in [5.74, 6) is 3.28. The third-order valence-electron chi connectivity index (χ3n) is 3.24. The number of para-hydroxylation sites is 1. The average molecular weight is 328 g/mol. The smallest absolute Gasteiger partial charge is 0.237 e. The van der Waals surface area contributed by atoms with Crippen molar-refractivity contribution in [2.75, 3.05) is 14.2 Å². The molecule has 0 amide bonds. The van der Waals surface area contributed by atoms with E-state index in [1.807, 2.05) is 48.5 Å². The van der Waals surface area contributed by atoms with Crippen molar-refractivity contribution >= 4 is 11.8 Å². The Bertz CT molecular complexity index is 772. The van der Waals surface area contributed by atoms with Gasteiger partial charge in [0, 0.05) is 4.90 Å². The van der Waals surface area contributed by atoms with Crippen LogP contribution in [0.3, 0.4) is 0 Å². The lowest BCUT2D eigenvalue weighted by atomic mass is 10.2. The zero-order chi connectivity index (χ0) is 16.1. The monoisotopic (exact) mass is 328 g/mol. The molecule has 0 aliphatic heterocycles. The Balaban J connectivity index is 1.69. The number of methoxy groups -OCH3 is 2. The fraction of sp³-hybridized carbons (Fsp3) is 0.176. The van der Waals surface area contributed by atoms with Crippen LogP contribution in [0, 0.1) is 0 Å². The molecule has 1 aromatic heterocycles. The van der Waals surface area contributed by atoms with E-state index in [0.29, 0.717) is 17.5 Å². The van der Waals surface area contributed by atoms with Crippen LogP contribution in [-0.4, -0.2) is 24.4 Å². The highest BCUT2D eigenvalue weighted by atomic mass is 32.2. The molecule has 6 heteroatoms. The molecule has 118 valence electrons. The molecule has 0 aliphatic carbocycles. The van der Waals surface area contributed by atoms with Gasteiger partial charge in [-0.3, -0.25) is 0 Å². The number of hydrogen-bond donors (Lipinski definition) is 0. The molecule has 0 fully saturated rings. The Morgan fingerprint density at radius 2 is 1.78 bits per heavy atom. The van der Waals surface area contributed by atoms with E-state index in [4.69, 9.17) is 14.0 Å². The minimum absolute atomic E-state index is 0.535. The van der Waals surface area contributed by atoms with E-state index in [1.165, 1.54) is 0 Å². The van der Waals surface area contributed by atoms with Crippen LogP contribution < -0.4 is 9.47 Å². The van der Waals surface area contributed by atoms with Gasteiger partial charge in [-0.25, -0.2) is 0 Å². The molecule has 23 heavy (non-hydrogen) atoms. The summed E-state index contributed by atoms with van der Waals surface area (Å²) in [5, 5.41) is 4.04. The molecule has 0 unspecified atom stereocenters. The molecule has 0 bridgehead atoms. The van der Waals surface area contributed by atoms with E-state index in [1.54, 1.807) is 26.0 Å². The van der Waals surface area contributed by atoms with Crippen molar-refractivity contribution in [3.05, 3.63) is 54.4 Å². The van der Waals surface area contributed by atoms with E-state index in [-0.39, 0.29) is 0 Å². The van der Waals surface area contributed by atoms with Crippen LogP contribution >= 0.6 is 11.8 Å². The van der Waals surface area contributed by atoms with E-state index in [0.717, 1.165) is 22.0 Å². The predicted octanol–water partition coefficient (Wildman–Crippen LogP) is 4.05. The number of hydrogen-bond acceptors (Lipinski definition) is 6. The van der Waals surface area contributed by atoms with Crippen LogP contribution in [0.1, 0.15) is 5.89 Å². The van der Waals surface area contributed by atoms with Crippen LogP contribution in [0.2, 0.25) is 0 Å². The number of thioether (sulfide) groups is 1. The number of ether oxygens (including phenoxy) is 2. The molecule has 0 atom stereocenters. The highest BCUT2D eigenvalue weighted by Crippen LogP contribution is 2.29. The molecule has 2 aromatic carbocycles. The van der Waals surface area contributed by atoms with Crippen molar-refractivity contribution in [2.24, 2.45) is 0 Å². The van der Waals surface area contributed by atoms with E-state index < -0.39 is 0 Å². The Morgan fingerprint density at radius 1 is 1.00 bits per heavy atom. The van der Waals surface area contributed by atoms with Crippen molar-refractivity contribution in [3.8, 4) is 22.9 Å². The topological polar surface area (TPSA) is 57.4 Å². The Hall–Kier alpha value is -2.47. The predicted molar refractivity (Wildman–Crippen MR) is 88.8 cm³/mol. The molecule has 5 nitrogen and oxygen atoms in total. The van der Waals surface area contributed by atoms with Gasteiger partial charge in [0.15, 0.2) is 0 Å². The molecule has 0 aliphatic rings. The van der Waals surface area contributed by atoms with Gasteiger partial charge < -0.3 is 14.0 Å². The first-order valence-corrected chi connectivity index (χ1v) is 8.01. The Labute approximate surface area is 138 Å². The zero-order valence-corrected chi connectivity index (χ0v) is 13.7. The van der Waals surface area contributed by atoms with Gasteiger partial charge in [-0.15, -0.1) is 11.8 Å². The van der Waals surface area contributed by atoms with Crippen LogP contribution in [0.4, 0.5) is 0 Å². The fourth-order valence-electron chi connectivity index (χ4n) is 2.07. The zero-order valence-electron chi connectivity index (χ0n) is 12.9.